The summed E-state index contributed by atoms with van der Waals surface area (Å²) in [6.07, 6.45) is 0. The molecule has 0 saturated heterocycles. The highest BCUT2D eigenvalue weighted by atomic mass is 35.5. The Morgan fingerprint density at radius 1 is 1.11 bits per heavy atom. The summed E-state index contributed by atoms with van der Waals surface area (Å²) in [6, 6.07) is 12.2. The van der Waals surface area contributed by atoms with Gasteiger partial charge in [0, 0.05) is 15.6 Å². The van der Waals surface area contributed by atoms with Gasteiger partial charge in [-0.1, -0.05) is 35.3 Å². The van der Waals surface area contributed by atoms with E-state index in [9.17, 15) is 4.79 Å². The van der Waals surface area contributed by atoms with Crippen LogP contribution in [0.5, 0.6) is 5.75 Å². The first-order chi connectivity index (χ1) is 9.06. The van der Waals surface area contributed by atoms with Gasteiger partial charge in [0.1, 0.15) is 5.75 Å². The lowest BCUT2D eigenvalue weighted by Crippen LogP contribution is -2.09. The van der Waals surface area contributed by atoms with Crippen molar-refractivity contribution in [3.8, 4) is 16.9 Å². The molecule has 0 radical (unpaired) electrons. The third-order valence-corrected chi connectivity index (χ3v) is 3.02. The second-order valence-electron chi connectivity index (χ2n) is 3.83. The fourth-order valence-electron chi connectivity index (χ4n) is 1.59. The monoisotopic (exact) mass is 296 g/mol. The Bertz CT molecular complexity index is 594. The maximum absolute atomic E-state index is 10.4. The van der Waals surface area contributed by atoms with Crippen LogP contribution in [0.25, 0.3) is 11.1 Å². The molecule has 0 unspecified atom stereocenters. The molecule has 0 atom stereocenters. The Balaban J connectivity index is 2.22. The summed E-state index contributed by atoms with van der Waals surface area (Å²) in [6.45, 7) is -0.364. The summed E-state index contributed by atoms with van der Waals surface area (Å²) in [4.78, 5) is 10.4. The van der Waals surface area contributed by atoms with E-state index in [-0.39, 0.29) is 6.61 Å². The van der Waals surface area contributed by atoms with Crippen molar-refractivity contribution < 1.29 is 14.6 Å². The van der Waals surface area contributed by atoms with Crippen molar-refractivity contribution in [1.29, 1.82) is 0 Å². The van der Waals surface area contributed by atoms with Crippen LogP contribution in [0.15, 0.2) is 42.5 Å². The highest BCUT2D eigenvalue weighted by molar-refractivity contribution is 6.35. The lowest BCUT2D eigenvalue weighted by Gasteiger charge is -2.07. The molecule has 0 aliphatic rings. The predicted molar refractivity (Wildman–Crippen MR) is 75.0 cm³/mol. The van der Waals surface area contributed by atoms with Crippen LogP contribution >= 0.6 is 23.2 Å². The Morgan fingerprint density at radius 3 is 2.42 bits per heavy atom. The zero-order chi connectivity index (χ0) is 13.8. The first-order valence-corrected chi connectivity index (χ1v) is 6.22. The van der Waals surface area contributed by atoms with Gasteiger partial charge in [0.2, 0.25) is 0 Å². The lowest BCUT2D eigenvalue weighted by atomic mass is 10.1. The molecule has 5 heteroatoms. The molecule has 0 amide bonds. The molecule has 98 valence electrons. The first kappa shape index (κ1) is 13.7. The molecule has 0 saturated carbocycles. The van der Waals surface area contributed by atoms with Crippen LogP contribution in [0.3, 0.4) is 0 Å². The van der Waals surface area contributed by atoms with Crippen LogP contribution < -0.4 is 4.74 Å². The quantitative estimate of drug-likeness (QED) is 0.923. The van der Waals surface area contributed by atoms with Gasteiger partial charge < -0.3 is 9.84 Å². The summed E-state index contributed by atoms with van der Waals surface area (Å²) in [7, 11) is 0. The third kappa shape index (κ3) is 3.63. The van der Waals surface area contributed by atoms with Gasteiger partial charge >= 0.3 is 5.97 Å². The Morgan fingerprint density at radius 2 is 1.79 bits per heavy atom. The van der Waals surface area contributed by atoms with Gasteiger partial charge in [-0.25, -0.2) is 4.79 Å². The minimum Gasteiger partial charge on any atom is -0.482 e. The van der Waals surface area contributed by atoms with Crippen LogP contribution in [0.4, 0.5) is 0 Å². The molecule has 2 aromatic rings. The van der Waals surface area contributed by atoms with E-state index in [1.54, 1.807) is 42.5 Å². The first-order valence-electron chi connectivity index (χ1n) is 5.46. The van der Waals surface area contributed by atoms with Gasteiger partial charge in [0.05, 0.1) is 0 Å². The van der Waals surface area contributed by atoms with E-state index in [2.05, 4.69) is 0 Å². The molecule has 0 bridgehead atoms. The fourth-order valence-corrected chi connectivity index (χ4v) is 1.99. The lowest BCUT2D eigenvalue weighted by molar-refractivity contribution is -0.139. The second kappa shape index (κ2) is 5.95. The molecule has 0 fully saturated rings. The van der Waals surface area contributed by atoms with Crippen LogP contribution in [0.1, 0.15) is 0 Å². The topological polar surface area (TPSA) is 46.5 Å². The number of rotatable bonds is 4. The van der Waals surface area contributed by atoms with Crippen LogP contribution in [-0.4, -0.2) is 17.7 Å². The summed E-state index contributed by atoms with van der Waals surface area (Å²) in [5.74, 6) is -0.522. The molecular formula is C14H10Cl2O3. The molecule has 0 aliphatic carbocycles. The van der Waals surface area contributed by atoms with Gasteiger partial charge in [-0.3, -0.25) is 0 Å². The number of halogens is 2. The van der Waals surface area contributed by atoms with Crippen molar-refractivity contribution >= 4 is 29.2 Å². The molecule has 2 rings (SSSR count). The smallest absolute Gasteiger partial charge is 0.341 e. The third-order valence-electron chi connectivity index (χ3n) is 2.46. The average Bonchev–Trinajstić information content (AvgIpc) is 2.40. The number of carboxylic acid groups (broad SMARTS) is 1. The number of hydrogen-bond donors (Lipinski definition) is 1. The molecule has 0 heterocycles. The highest BCUT2D eigenvalue weighted by Crippen LogP contribution is 2.31. The number of carbonyl (C=O) groups is 1. The number of benzene rings is 2. The summed E-state index contributed by atoms with van der Waals surface area (Å²) in [5, 5.41) is 9.72. The van der Waals surface area contributed by atoms with Crippen molar-refractivity contribution in [1.82, 2.24) is 0 Å². The summed E-state index contributed by atoms with van der Waals surface area (Å²) in [5.41, 5.74) is 1.70. The van der Waals surface area contributed by atoms with Gasteiger partial charge in [-0.15, -0.1) is 0 Å². The van der Waals surface area contributed by atoms with Gasteiger partial charge in [-0.05, 0) is 35.9 Å². The van der Waals surface area contributed by atoms with E-state index in [4.69, 9.17) is 33.0 Å². The second-order valence-corrected chi connectivity index (χ2v) is 4.67. The zero-order valence-electron chi connectivity index (χ0n) is 9.77. The van der Waals surface area contributed by atoms with E-state index in [1.807, 2.05) is 0 Å². The van der Waals surface area contributed by atoms with E-state index in [0.717, 1.165) is 11.1 Å². The molecule has 0 aliphatic heterocycles. The molecule has 3 nitrogen and oxygen atoms in total. The SMILES string of the molecule is O=C(O)COc1ccc(-c2cc(Cl)ccc2Cl)cc1. The minimum atomic E-state index is -1.01. The van der Waals surface area contributed by atoms with E-state index in [0.29, 0.717) is 15.8 Å². The van der Waals surface area contributed by atoms with Crippen molar-refractivity contribution in [3.63, 3.8) is 0 Å². The molecule has 1 N–H and O–H groups in total. The summed E-state index contributed by atoms with van der Waals surface area (Å²) >= 11 is 12.0. The molecule has 0 aromatic heterocycles. The molecule has 19 heavy (non-hydrogen) atoms. The summed E-state index contributed by atoms with van der Waals surface area (Å²) < 4.78 is 5.05. The number of aliphatic carboxylic acids is 1. The largest absolute Gasteiger partial charge is 0.482 e. The Hall–Kier alpha value is -1.71. The van der Waals surface area contributed by atoms with Gasteiger partial charge in [0.25, 0.3) is 0 Å². The number of ether oxygens (including phenoxy) is 1. The maximum Gasteiger partial charge on any atom is 0.341 e. The highest BCUT2D eigenvalue weighted by Gasteiger charge is 2.05. The average molecular weight is 297 g/mol. The van der Waals surface area contributed by atoms with Crippen molar-refractivity contribution in [2.24, 2.45) is 0 Å². The molecular weight excluding hydrogens is 287 g/mol. The Kier molecular flexibility index (Phi) is 4.30. The molecule has 0 spiro atoms. The van der Waals surface area contributed by atoms with Crippen LogP contribution in [-0.2, 0) is 4.79 Å². The Labute approximate surface area is 120 Å². The number of hydrogen-bond acceptors (Lipinski definition) is 2. The normalized spacial score (nSPS) is 10.2. The van der Waals surface area contributed by atoms with E-state index >= 15 is 0 Å². The molecule has 2 aromatic carbocycles. The van der Waals surface area contributed by atoms with E-state index in [1.165, 1.54) is 0 Å². The minimum absolute atomic E-state index is 0.364. The zero-order valence-corrected chi connectivity index (χ0v) is 11.3. The maximum atomic E-state index is 10.4. The van der Waals surface area contributed by atoms with Crippen molar-refractivity contribution in [2.75, 3.05) is 6.61 Å². The fraction of sp³-hybridized carbons (Fsp3) is 0.0714. The van der Waals surface area contributed by atoms with E-state index < -0.39 is 5.97 Å². The van der Waals surface area contributed by atoms with Crippen LogP contribution in [0.2, 0.25) is 10.0 Å². The van der Waals surface area contributed by atoms with Crippen molar-refractivity contribution in [2.45, 2.75) is 0 Å². The van der Waals surface area contributed by atoms with Gasteiger partial charge in [-0.2, -0.15) is 0 Å². The van der Waals surface area contributed by atoms with Gasteiger partial charge in [0.15, 0.2) is 6.61 Å². The number of carboxylic acids is 1. The van der Waals surface area contributed by atoms with Crippen molar-refractivity contribution in [3.05, 3.63) is 52.5 Å². The van der Waals surface area contributed by atoms with Crippen LogP contribution in [0, 0.1) is 0 Å². The predicted octanol–water partition coefficient (Wildman–Crippen LogP) is 4.12. The standard InChI is InChI=1S/C14H10Cl2O3/c15-10-3-6-13(16)12(7-10)9-1-4-11(5-2-9)19-8-14(17)18/h1-7H,8H2,(H,17,18).